The van der Waals surface area contributed by atoms with Crippen molar-refractivity contribution in [1.82, 2.24) is 0 Å². The van der Waals surface area contributed by atoms with Crippen LogP contribution in [0, 0.1) is 13.8 Å². The normalized spacial score (nSPS) is 9.29. The molecule has 0 atom stereocenters. The first kappa shape index (κ1) is 14.1. The van der Waals surface area contributed by atoms with Crippen LogP contribution in [0.3, 0.4) is 0 Å². The SMILES string of the molecule is Cc1ccc2c(cc[c-]2C)c1.[Zr+2].c1cc[cH-]c1. The van der Waals surface area contributed by atoms with E-state index in [0.29, 0.717) is 0 Å². The molecule has 0 aromatic heterocycles. The Morgan fingerprint density at radius 3 is 2.35 bits per heavy atom. The van der Waals surface area contributed by atoms with Gasteiger partial charge in [0, 0.05) is 0 Å². The van der Waals surface area contributed by atoms with E-state index in [-0.39, 0.29) is 26.2 Å². The Morgan fingerprint density at radius 1 is 1.06 bits per heavy atom. The molecule has 0 unspecified atom stereocenters. The van der Waals surface area contributed by atoms with Gasteiger partial charge in [0.15, 0.2) is 0 Å². The predicted molar refractivity (Wildman–Crippen MR) is 71.1 cm³/mol. The van der Waals surface area contributed by atoms with Gasteiger partial charge in [-0.25, -0.2) is 12.1 Å². The Kier molecular flexibility index (Phi) is 5.58. The van der Waals surface area contributed by atoms with Crippen LogP contribution in [-0.4, -0.2) is 0 Å². The van der Waals surface area contributed by atoms with E-state index in [9.17, 15) is 0 Å². The summed E-state index contributed by atoms with van der Waals surface area (Å²) in [4.78, 5) is 0. The maximum absolute atomic E-state index is 2.22. The van der Waals surface area contributed by atoms with E-state index in [1.807, 2.05) is 30.3 Å². The van der Waals surface area contributed by atoms with E-state index in [1.54, 1.807) is 0 Å². The minimum atomic E-state index is 0. The Morgan fingerprint density at radius 2 is 1.76 bits per heavy atom. The van der Waals surface area contributed by atoms with Crippen LogP contribution in [0.2, 0.25) is 0 Å². The van der Waals surface area contributed by atoms with Gasteiger partial charge in [-0.2, -0.15) is 30.3 Å². The van der Waals surface area contributed by atoms with Gasteiger partial charge in [0.2, 0.25) is 0 Å². The van der Waals surface area contributed by atoms with Gasteiger partial charge in [-0.3, -0.25) is 0 Å². The van der Waals surface area contributed by atoms with Gasteiger partial charge >= 0.3 is 26.2 Å². The molecule has 3 aromatic carbocycles. The Labute approximate surface area is 122 Å². The van der Waals surface area contributed by atoms with Crippen LogP contribution in [0.15, 0.2) is 60.7 Å². The summed E-state index contributed by atoms with van der Waals surface area (Å²) < 4.78 is 0. The molecule has 0 nitrogen and oxygen atoms in total. The first-order valence-corrected chi connectivity index (χ1v) is 5.57. The van der Waals surface area contributed by atoms with E-state index in [1.165, 1.54) is 21.9 Å². The fraction of sp³-hybridized carbons (Fsp3) is 0.125. The van der Waals surface area contributed by atoms with Crippen LogP contribution in [0.4, 0.5) is 0 Å². The van der Waals surface area contributed by atoms with E-state index >= 15 is 0 Å². The molecular formula is C16H16Zr. The van der Waals surface area contributed by atoms with E-state index in [4.69, 9.17) is 0 Å². The zero-order chi connectivity index (χ0) is 11.4. The van der Waals surface area contributed by atoms with Crippen molar-refractivity contribution in [1.29, 1.82) is 0 Å². The molecule has 17 heavy (non-hydrogen) atoms. The van der Waals surface area contributed by atoms with Crippen molar-refractivity contribution >= 4 is 10.8 Å². The number of rotatable bonds is 0. The van der Waals surface area contributed by atoms with E-state index < -0.39 is 0 Å². The van der Waals surface area contributed by atoms with Crippen molar-refractivity contribution < 1.29 is 26.2 Å². The number of hydrogen-bond acceptors (Lipinski definition) is 0. The van der Waals surface area contributed by atoms with E-state index in [2.05, 4.69) is 44.2 Å². The molecule has 0 radical (unpaired) electrons. The molecule has 1 heteroatoms. The average molecular weight is 300 g/mol. The second kappa shape index (κ2) is 6.71. The zero-order valence-electron chi connectivity index (χ0n) is 10.3. The Balaban J connectivity index is 0.000000205. The number of benzene rings is 1. The van der Waals surface area contributed by atoms with Crippen molar-refractivity contribution in [2.45, 2.75) is 13.8 Å². The van der Waals surface area contributed by atoms with Gasteiger partial charge in [-0.05, 0) is 6.92 Å². The van der Waals surface area contributed by atoms with Gasteiger partial charge in [-0.1, -0.05) is 12.5 Å². The van der Waals surface area contributed by atoms with Gasteiger partial charge in [0.25, 0.3) is 0 Å². The summed E-state index contributed by atoms with van der Waals surface area (Å²) in [7, 11) is 0. The van der Waals surface area contributed by atoms with Gasteiger partial charge < -0.3 is 0 Å². The maximum Gasteiger partial charge on any atom is 2.00 e. The summed E-state index contributed by atoms with van der Waals surface area (Å²) in [6.07, 6.45) is 0. The minimum absolute atomic E-state index is 0. The van der Waals surface area contributed by atoms with Crippen molar-refractivity contribution in [3.8, 4) is 0 Å². The molecule has 0 fully saturated rings. The van der Waals surface area contributed by atoms with Gasteiger partial charge in [0.1, 0.15) is 0 Å². The second-order valence-electron chi connectivity index (χ2n) is 4.07. The van der Waals surface area contributed by atoms with Crippen molar-refractivity contribution in [2.75, 3.05) is 0 Å². The van der Waals surface area contributed by atoms with Crippen LogP contribution >= 0.6 is 0 Å². The van der Waals surface area contributed by atoms with Gasteiger partial charge in [0.05, 0.1) is 0 Å². The van der Waals surface area contributed by atoms with Crippen LogP contribution in [-0.2, 0) is 26.2 Å². The monoisotopic (exact) mass is 298 g/mol. The third-order valence-corrected chi connectivity index (χ3v) is 2.70. The largest absolute Gasteiger partial charge is 2.00 e. The molecule has 0 amide bonds. The first-order valence-electron chi connectivity index (χ1n) is 5.57. The Hall–Kier alpha value is -0.937. The quantitative estimate of drug-likeness (QED) is 0.533. The molecule has 0 saturated heterocycles. The summed E-state index contributed by atoms with van der Waals surface area (Å²) in [5, 5.41) is 2.75. The number of fused-ring (bicyclic) bond motifs is 1. The fourth-order valence-electron chi connectivity index (χ4n) is 1.80. The fourth-order valence-corrected chi connectivity index (χ4v) is 1.80. The molecule has 0 spiro atoms. The molecule has 0 heterocycles. The van der Waals surface area contributed by atoms with E-state index in [0.717, 1.165) is 0 Å². The summed E-state index contributed by atoms with van der Waals surface area (Å²) in [5.41, 5.74) is 2.71. The topological polar surface area (TPSA) is 0 Å². The molecule has 0 bridgehead atoms. The standard InChI is InChI=1S/C11H11.C5H5.Zr/c1-8-3-6-11-9(2)4-5-10(11)7-8;1-2-4-5-3-1;/h3-7H,1-2H3;1-5H;/q2*-1;+2. The summed E-state index contributed by atoms with van der Waals surface area (Å²) in [5.74, 6) is 0. The van der Waals surface area contributed by atoms with Gasteiger partial charge in [-0.15, -0.1) is 34.5 Å². The first-order chi connectivity index (χ1) is 7.77. The molecule has 0 N–H and O–H groups in total. The molecular weight excluding hydrogens is 283 g/mol. The number of hydrogen-bond donors (Lipinski definition) is 0. The van der Waals surface area contributed by atoms with Crippen LogP contribution < -0.4 is 0 Å². The molecule has 0 aliphatic carbocycles. The van der Waals surface area contributed by atoms with Crippen LogP contribution in [0.25, 0.3) is 10.8 Å². The summed E-state index contributed by atoms with van der Waals surface area (Å²) in [6.45, 7) is 4.28. The molecule has 0 aliphatic heterocycles. The van der Waals surface area contributed by atoms with Crippen molar-refractivity contribution in [3.05, 3.63) is 71.8 Å². The Bertz CT molecular complexity index is 527. The third kappa shape index (κ3) is 3.78. The molecule has 0 saturated carbocycles. The molecule has 3 rings (SSSR count). The molecule has 84 valence electrons. The maximum atomic E-state index is 2.22. The number of aryl methyl sites for hydroxylation is 2. The van der Waals surface area contributed by atoms with Crippen LogP contribution in [0.1, 0.15) is 11.1 Å². The van der Waals surface area contributed by atoms with Crippen molar-refractivity contribution in [2.24, 2.45) is 0 Å². The summed E-state index contributed by atoms with van der Waals surface area (Å²) in [6, 6.07) is 20.9. The third-order valence-electron chi connectivity index (χ3n) is 2.70. The second-order valence-corrected chi connectivity index (χ2v) is 4.07. The van der Waals surface area contributed by atoms with Crippen LogP contribution in [0.5, 0.6) is 0 Å². The zero-order valence-corrected chi connectivity index (χ0v) is 12.7. The smallest absolute Gasteiger partial charge is 0.214 e. The predicted octanol–water partition coefficient (Wildman–Crippen LogP) is 4.58. The summed E-state index contributed by atoms with van der Waals surface area (Å²) >= 11 is 0. The molecule has 0 aliphatic rings. The average Bonchev–Trinajstić information content (AvgIpc) is 2.92. The van der Waals surface area contributed by atoms with Crippen molar-refractivity contribution in [3.63, 3.8) is 0 Å². The minimum Gasteiger partial charge on any atom is -0.214 e. The molecule has 3 aromatic rings.